The minimum atomic E-state index is -0.985. The van der Waals surface area contributed by atoms with Gasteiger partial charge in [-0.3, -0.25) is 14.4 Å². The molecule has 4 unspecified atom stereocenters. The number of aryl methyl sites for hydroxylation is 1. The summed E-state index contributed by atoms with van der Waals surface area (Å²) in [6, 6.07) is 27.9. The van der Waals surface area contributed by atoms with Crippen LogP contribution in [0.25, 0.3) is 0 Å². The van der Waals surface area contributed by atoms with E-state index in [1.165, 1.54) is 11.3 Å². The molecule has 2 amide bonds. The lowest BCUT2D eigenvalue weighted by Crippen LogP contribution is -2.46. The molecule has 0 saturated carbocycles. The van der Waals surface area contributed by atoms with Gasteiger partial charge in [0.15, 0.2) is 5.78 Å². The molecule has 1 aromatic heterocycles. The quantitative estimate of drug-likeness (QED) is 0.365. The summed E-state index contributed by atoms with van der Waals surface area (Å²) in [7, 11) is 0. The number of rotatable bonds is 6. The van der Waals surface area contributed by atoms with Crippen LogP contribution < -0.4 is 5.73 Å². The Morgan fingerprint density at radius 1 is 0.778 bits per heavy atom. The van der Waals surface area contributed by atoms with Crippen LogP contribution in [0.4, 0.5) is 0 Å². The minimum Gasteiger partial charge on any atom is -0.368 e. The van der Waals surface area contributed by atoms with Crippen LogP contribution in [0.1, 0.15) is 48.7 Å². The monoisotopic (exact) mass is 494 g/mol. The van der Waals surface area contributed by atoms with Gasteiger partial charge in [-0.05, 0) is 36.1 Å². The zero-order valence-electron chi connectivity index (χ0n) is 19.8. The van der Waals surface area contributed by atoms with Crippen LogP contribution in [0.2, 0.25) is 0 Å². The van der Waals surface area contributed by atoms with E-state index in [4.69, 9.17) is 5.73 Å². The molecule has 1 aliphatic rings. The molecular weight excluding hydrogens is 468 g/mol. The zero-order chi connectivity index (χ0) is 25.2. The molecule has 0 spiro atoms. The standard InChI is InChI=1S/C30H26N2O3S/c1-19-14-16-21(17-15-19)28(33)25-24(23-13-8-18-36-23)27(29(31)34)32(26(25)20-9-4-2-5-10-20)30(35)22-11-6-3-7-12-22/h2-18,24-27H,1H3,(H2,31,34). The van der Waals surface area contributed by atoms with E-state index in [2.05, 4.69) is 0 Å². The van der Waals surface area contributed by atoms with Crippen molar-refractivity contribution in [1.29, 1.82) is 0 Å². The van der Waals surface area contributed by atoms with Gasteiger partial charge < -0.3 is 10.6 Å². The van der Waals surface area contributed by atoms with Gasteiger partial charge in [0.25, 0.3) is 5.91 Å². The molecule has 1 fully saturated rings. The fraction of sp³-hybridized carbons (Fsp3) is 0.167. The first-order chi connectivity index (χ1) is 17.5. The van der Waals surface area contributed by atoms with E-state index < -0.39 is 29.8 Å². The maximum Gasteiger partial charge on any atom is 0.255 e. The molecule has 3 aromatic carbocycles. The third kappa shape index (κ3) is 4.25. The van der Waals surface area contributed by atoms with Crippen molar-refractivity contribution >= 4 is 28.9 Å². The number of hydrogen-bond acceptors (Lipinski definition) is 4. The zero-order valence-corrected chi connectivity index (χ0v) is 20.6. The van der Waals surface area contributed by atoms with Crippen LogP contribution in [0.3, 0.4) is 0 Å². The van der Waals surface area contributed by atoms with Crippen molar-refractivity contribution in [3.8, 4) is 0 Å². The Morgan fingerprint density at radius 2 is 1.42 bits per heavy atom. The number of thiophene rings is 1. The van der Waals surface area contributed by atoms with Crippen LogP contribution in [-0.2, 0) is 4.79 Å². The summed E-state index contributed by atoms with van der Waals surface area (Å²) in [6.07, 6.45) is 0. The van der Waals surface area contributed by atoms with Gasteiger partial charge in [0.05, 0.1) is 12.0 Å². The van der Waals surface area contributed by atoms with E-state index in [1.807, 2.05) is 85.1 Å². The van der Waals surface area contributed by atoms with Crippen molar-refractivity contribution in [1.82, 2.24) is 4.90 Å². The van der Waals surface area contributed by atoms with Crippen LogP contribution >= 0.6 is 11.3 Å². The normalized spacial score (nSPS) is 21.3. The van der Waals surface area contributed by atoms with Gasteiger partial charge in [-0.25, -0.2) is 0 Å². The maximum atomic E-state index is 14.2. The number of benzene rings is 3. The molecule has 0 bridgehead atoms. The van der Waals surface area contributed by atoms with E-state index in [0.717, 1.165) is 16.0 Å². The molecule has 4 atom stereocenters. The topological polar surface area (TPSA) is 80.5 Å². The molecule has 180 valence electrons. The van der Waals surface area contributed by atoms with Gasteiger partial charge in [0, 0.05) is 21.9 Å². The fourth-order valence-electron chi connectivity index (χ4n) is 5.26. The average Bonchev–Trinajstić information content (AvgIpc) is 3.55. The highest BCUT2D eigenvalue weighted by atomic mass is 32.1. The van der Waals surface area contributed by atoms with Crippen molar-refractivity contribution in [2.45, 2.75) is 24.9 Å². The molecule has 1 saturated heterocycles. The molecule has 5 nitrogen and oxygen atoms in total. The van der Waals surface area contributed by atoms with Gasteiger partial charge in [0.2, 0.25) is 5.91 Å². The average molecular weight is 495 g/mol. The van der Waals surface area contributed by atoms with Crippen molar-refractivity contribution < 1.29 is 14.4 Å². The Labute approximate surface area is 214 Å². The number of carbonyl (C=O) groups excluding carboxylic acids is 3. The summed E-state index contributed by atoms with van der Waals surface area (Å²) in [5.74, 6) is -2.34. The lowest BCUT2D eigenvalue weighted by Gasteiger charge is -2.31. The Bertz CT molecular complexity index is 1370. The van der Waals surface area contributed by atoms with Gasteiger partial charge >= 0.3 is 0 Å². The molecule has 0 aliphatic carbocycles. The Hall–Kier alpha value is -4.03. The largest absolute Gasteiger partial charge is 0.368 e. The van der Waals surface area contributed by atoms with Crippen molar-refractivity contribution in [2.75, 3.05) is 0 Å². The summed E-state index contributed by atoms with van der Waals surface area (Å²) in [6.45, 7) is 1.97. The summed E-state index contributed by atoms with van der Waals surface area (Å²) in [5, 5.41) is 1.92. The molecule has 2 heterocycles. The van der Waals surface area contributed by atoms with Crippen LogP contribution in [0.15, 0.2) is 102 Å². The van der Waals surface area contributed by atoms with E-state index in [9.17, 15) is 14.4 Å². The number of ketones is 1. The number of amides is 2. The number of nitrogens with zero attached hydrogens (tertiary/aromatic N) is 1. The number of primary amides is 1. The second-order valence-corrected chi connectivity index (χ2v) is 10.1. The molecular formula is C30H26N2O3S. The molecule has 6 heteroatoms. The minimum absolute atomic E-state index is 0.114. The van der Waals surface area contributed by atoms with Crippen LogP contribution in [0.5, 0.6) is 0 Å². The van der Waals surface area contributed by atoms with E-state index in [-0.39, 0.29) is 11.7 Å². The van der Waals surface area contributed by atoms with Crippen molar-refractivity contribution in [2.24, 2.45) is 11.7 Å². The molecule has 4 aromatic rings. The van der Waals surface area contributed by atoms with Gasteiger partial charge in [-0.1, -0.05) is 84.4 Å². The SMILES string of the molecule is Cc1ccc(C(=O)C2C(c3cccs3)C(C(N)=O)N(C(=O)c3ccccc3)C2c2ccccc2)cc1. The van der Waals surface area contributed by atoms with Gasteiger partial charge in [-0.2, -0.15) is 0 Å². The summed E-state index contributed by atoms with van der Waals surface area (Å²) < 4.78 is 0. The first kappa shape index (κ1) is 23.7. The molecule has 0 radical (unpaired) electrons. The van der Waals surface area contributed by atoms with Crippen molar-refractivity contribution in [3.05, 3.63) is 130 Å². The highest BCUT2D eigenvalue weighted by Crippen LogP contribution is 2.52. The fourth-order valence-corrected chi connectivity index (χ4v) is 6.16. The maximum absolute atomic E-state index is 14.2. The highest BCUT2D eigenvalue weighted by molar-refractivity contribution is 7.10. The first-order valence-corrected chi connectivity index (χ1v) is 12.7. The van der Waals surface area contributed by atoms with E-state index >= 15 is 0 Å². The highest BCUT2D eigenvalue weighted by Gasteiger charge is 2.57. The van der Waals surface area contributed by atoms with Gasteiger partial charge in [-0.15, -0.1) is 11.3 Å². The Balaban J connectivity index is 1.74. The molecule has 36 heavy (non-hydrogen) atoms. The number of hydrogen-bond donors (Lipinski definition) is 1. The van der Waals surface area contributed by atoms with Crippen LogP contribution in [-0.4, -0.2) is 28.5 Å². The Morgan fingerprint density at radius 3 is 2.00 bits per heavy atom. The lowest BCUT2D eigenvalue weighted by molar-refractivity contribution is -0.122. The number of nitrogens with two attached hydrogens (primary N) is 1. The second-order valence-electron chi connectivity index (χ2n) is 9.08. The predicted octanol–water partition coefficient (Wildman–Crippen LogP) is 5.39. The number of likely N-dealkylation sites (tertiary alicyclic amines) is 1. The summed E-state index contributed by atoms with van der Waals surface area (Å²) in [5.41, 5.74) is 8.85. The first-order valence-electron chi connectivity index (χ1n) is 11.8. The Kier molecular flexibility index (Phi) is 6.53. The summed E-state index contributed by atoms with van der Waals surface area (Å²) in [4.78, 5) is 43.8. The number of Topliss-reactive ketones (excluding diaryl/α,β-unsaturated/α-hetero) is 1. The second kappa shape index (κ2) is 9.91. The molecule has 2 N–H and O–H groups in total. The molecule has 1 aliphatic heterocycles. The third-order valence-corrected chi connectivity index (χ3v) is 7.84. The van der Waals surface area contributed by atoms with Crippen molar-refractivity contribution in [3.63, 3.8) is 0 Å². The predicted molar refractivity (Wildman–Crippen MR) is 141 cm³/mol. The summed E-state index contributed by atoms with van der Waals surface area (Å²) >= 11 is 1.47. The van der Waals surface area contributed by atoms with E-state index in [0.29, 0.717) is 11.1 Å². The van der Waals surface area contributed by atoms with E-state index in [1.54, 1.807) is 29.2 Å². The van der Waals surface area contributed by atoms with Gasteiger partial charge in [0.1, 0.15) is 6.04 Å². The lowest BCUT2D eigenvalue weighted by atomic mass is 9.78. The molecule has 5 rings (SSSR count). The smallest absolute Gasteiger partial charge is 0.255 e. The number of carbonyl (C=O) groups is 3. The third-order valence-electron chi connectivity index (χ3n) is 6.86. The van der Waals surface area contributed by atoms with Crippen LogP contribution in [0, 0.1) is 12.8 Å².